The van der Waals surface area contributed by atoms with Gasteiger partial charge in [0.1, 0.15) is 5.84 Å². The molecule has 2 nitrogen and oxygen atoms in total. The average molecular weight is 202 g/mol. The van der Waals surface area contributed by atoms with Gasteiger partial charge in [0.15, 0.2) is 0 Å². The highest BCUT2D eigenvalue weighted by Crippen LogP contribution is 2.31. The van der Waals surface area contributed by atoms with Crippen LogP contribution in [0.15, 0.2) is 29.3 Å². The zero-order chi connectivity index (χ0) is 11.1. The van der Waals surface area contributed by atoms with Gasteiger partial charge in [0.25, 0.3) is 0 Å². The van der Waals surface area contributed by atoms with Crippen molar-refractivity contribution < 1.29 is 0 Å². The highest BCUT2D eigenvalue weighted by molar-refractivity contribution is 5.99. The minimum Gasteiger partial charge on any atom is -0.325 e. The lowest BCUT2D eigenvalue weighted by molar-refractivity contribution is 0.564. The predicted molar refractivity (Wildman–Crippen MR) is 65.5 cm³/mol. The van der Waals surface area contributed by atoms with Gasteiger partial charge < -0.3 is 4.90 Å². The molecule has 0 radical (unpaired) electrons. The zero-order valence-corrected chi connectivity index (χ0v) is 9.91. The van der Waals surface area contributed by atoms with E-state index in [1.54, 1.807) is 0 Å². The lowest BCUT2D eigenvalue weighted by Crippen LogP contribution is -2.46. The molecule has 1 aromatic carbocycles. The summed E-state index contributed by atoms with van der Waals surface area (Å²) in [5, 5.41) is 0. The molecule has 15 heavy (non-hydrogen) atoms. The second kappa shape index (κ2) is 3.37. The summed E-state index contributed by atoms with van der Waals surface area (Å²) in [6.07, 6.45) is 0. The molecule has 2 rings (SSSR count). The second-order valence-electron chi connectivity index (χ2n) is 5.00. The number of benzene rings is 1. The lowest BCUT2D eigenvalue weighted by atomic mass is 10.0. The van der Waals surface area contributed by atoms with Gasteiger partial charge in [-0.25, -0.2) is 0 Å². The quantitative estimate of drug-likeness (QED) is 0.630. The number of nitrogens with zero attached hydrogens (tertiary/aromatic N) is 2. The van der Waals surface area contributed by atoms with E-state index in [0.29, 0.717) is 0 Å². The van der Waals surface area contributed by atoms with Crippen LogP contribution in [-0.4, -0.2) is 11.4 Å². The van der Waals surface area contributed by atoms with Gasteiger partial charge in [-0.15, -0.1) is 0 Å². The third-order valence-corrected chi connectivity index (χ3v) is 2.71. The molecule has 0 saturated carbocycles. The fraction of sp³-hybridized carbons (Fsp3) is 0.462. The first kappa shape index (κ1) is 10.2. The van der Waals surface area contributed by atoms with Crippen LogP contribution in [-0.2, 0) is 6.54 Å². The largest absolute Gasteiger partial charge is 0.325 e. The Balaban J connectivity index is 2.52. The SMILES string of the molecule is CC1=NCc2ccccc2N1C(C)(C)C. The normalized spacial score (nSPS) is 16.0. The smallest absolute Gasteiger partial charge is 0.101 e. The highest BCUT2D eigenvalue weighted by Gasteiger charge is 2.27. The molecule has 0 N–H and O–H groups in total. The van der Waals surface area contributed by atoms with Crippen LogP contribution in [0.1, 0.15) is 33.3 Å². The maximum absolute atomic E-state index is 4.56. The predicted octanol–water partition coefficient (Wildman–Crippen LogP) is 3.22. The lowest BCUT2D eigenvalue weighted by Gasteiger charge is -2.40. The Bertz CT molecular complexity index is 399. The van der Waals surface area contributed by atoms with Crippen molar-refractivity contribution in [1.29, 1.82) is 0 Å². The van der Waals surface area contributed by atoms with Crippen LogP contribution in [0.25, 0.3) is 0 Å². The Hall–Kier alpha value is -1.31. The van der Waals surface area contributed by atoms with E-state index in [-0.39, 0.29) is 5.54 Å². The second-order valence-corrected chi connectivity index (χ2v) is 5.00. The van der Waals surface area contributed by atoms with E-state index in [0.717, 1.165) is 12.4 Å². The van der Waals surface area contributed by atoms with Crippen molar-refractivity contribution >= 4 is 11.5 Å². The van der Waals surface area contributed by atoms with Gasteiger partial charge in [-0.2, -0.15) is 0 Å². The van der Waals surface area contributed by atoms with Crippen molar-refractivity contribution in [2.24, 2.45) is 4.99 Å². The van der Waals surface area contributed by atoms with Gasteiger partial charge in [0.05, 0.1) is 6.54 Å². The summed E-state index contributed by atoms with van der Waals surface area (Å²) in [5.74, 6) is 1.11. The van der Waals surface area contributed by atoms with Crippen molar-refractivity contribution in [3.63, 3.8) is 0 Å². The molecule has 1 heterocycles. The summed E-state index contributed by atoms with van der Waals surface area (Å²) in [6, 6.07) is 8.51. The first-order valence-electron chi connectivity index (χ1n) is 5.39. The summed E-state index contributed by atoms with van der Waals surface area (Å²) in [7, 11) is 0. The van der Waals surface area contributed by atoms with Crippen LogP contribution in [0.3, 0.4) is 0 Å². The van der Waals surface area contributed by atoms with Crippen molar-refractivity contribution in [3.8, 4) is 0 Å². The summed E-state index contributed by atoms with van der Waals surface area (Å²) >= 11 is 0. The molecule has 0 spiro atoms. The molecule has 1 aliphatic heterocycles. The standard InChI is InChI=1S/C13H18N2/c1-10-14-9-11-7-5-6-8-12(11)15(10)13(2,3)4/h5-8H,9H2,1-4H3. The van der Waals surface area contributed by atoms with E-state index in [4.69, 9.17) is 0 Å². The number of anilines is 1. The van der Waals surface area contributed by atoms with Gasteiger partial charge in [-0.3, -0.25) is 4.99 Å². The third-order valence-electron chi connectivity index (χ3n) is 2.71. The van der Waals surface area contributed by atoms with Crippen LogP contribution in [0, 0.1) is 0 Å². The van der Waals surface area contributed by atoms with Crippen LogP contribution >= 0.6 is 0 Å². The summed E-state index contributed by atoms with van der Waals surface area (Å²) in [6.45, 7) is 9.55. The molecule has 2 heteroatoms. The number of aliphatic imine (C=N–C) groups is 1. The summed E-state index contributed by atoms with van der Waals surface area (Å²) in [4.78, 5) is 6.87. The maximum Gasteiger partial charge on any atom is 0.101 e. The molecule has 0 fully saturated rings. The molecule has 1 aliphatic rings. The molecule has 0 amide bonds. The zero-order valence-electron chi connectivity index (χ0n) is 9.91. The number of para-hydroxylation sites is 1. The first-order chi connectivity index (χ1) is 7.00. The van der Waals surface area contributed by atoms with Crippen LogP contribution in [0.4, 0.5) is 5.69 Å². The maximum atomic E-state index is 4.56. The molecule has 0 aliphatic carbocycles. The Morgan fingerprint density at radius 1 is 1.20 bits per heavy atom. The van der Waals surface area contributed by atoms with Crippen LogP contribution < -0.4 is 4.90 Å². The van der Waals surface area contributed by atoms with E-state index in [9.17, 15) is 0 Å². The van der Waals surface area contributed by atoms with E-state index >= 15 is 0 Å². The molecule has 80 valence electrons. The highest BCUT2D eigenvalue weighted by atomic mass is 15.3. The fourth-order valence-corrected chi connectivity index (χ4v) is 2.15. The van der Waals surface area contributed by atoms with Crippen molar-refractivity contribution in [3.05, 3.63) is 29.8 Å². The van der Waals surface area contributed by atoms with Crippen LogP contribution in [0.5, 0.6) is 0 Å². The van der Waals surface area contributed by atoms with Crippen LogP contribution in [0.2, 0.25) is 0 Å². The number of hydrogen-bond donors (Lipinski definition) is 0. The number of rotatable bonds is 0. The Morgan fingerprint density at radius 3 is 2.53 bits per heavy atom. The summed E-state index contributed by atoms with van der Waals surface area (Å²) < 4.78 is 0. The van der Waals surface area contributed by atoms with Crippen molar-refractivity contribution in [2.75, 3.05) is 4.90 Å². The molecular weight excluding hydrogens is 184 g/mol. The first-order valence-corrected chi connectivity index (χ1v) is 5.39. The van der Waals surface area contributed by atoms with Gasteiger partial charge in [-0.05, 0) is 39.3 Å². The molecule has 0 atom stereocenters. The fourth-order valence-electron chi connectivity index (χ4n) is 2.15. The summed E-state index contributed by atoms with van der Waals surface area (Å²) in [5.41, 5.74) is 2.71. The Morgan fingerprint density at radius 2 is 1.87 bits per heavy atom. The third kappa shape index (κ3) is 1.76. The van der Waals surface area contributed by atoms with E-state index in [1.807, 2.05) is 0 Å². The number of fused-ring (bicyclic) bond motifs is 1. The minimum atomic E-state index is 0.0874. The Labute approximate surface area is 91.6 Å². The van der Waals surface area contributed by atoms with Gasteiger partial charge in [0, 0.05) is 11.2 Å². The molecule has 0 saturated heterocycles. The number of amidine groups is 1. The monoisotopic (exact) mass is 202 g/mol. The van der Waals surface area contributed by atoms with Gasteiger partial charge in [-0.1, -0.05) is 18.2 Å². The van der Waals surface area contributed by atoms with Gasteiger partial charge in [0.2, 0.25) is 0 Å². The molecule has 1 aromatic rings. The van der Waals surface area contributed by atoms with E-state index in [2.05, 4.69) is 61.9 Å². The molecule has 0 aromatic heterocycles. The van der Waals surface area contributed by atoms with Crippen molar-refractivity contribution in [1.82, 2.24) is 0 Å². The van der Waals surface area contributed by atoms with E-state index in [1.165, 1.54) is 11.3 Å². The minimum absolute atomic E-state index is 0.0874. The molecule has 0 unspecified atom stereocenters. The Kier molecular flexibility index (Phi) is 2.29. The topological polar surface area (TPSA) is 15.6 Å². The van der Waals surface area contributed by atoms with E-state index < -0.39 is 0 Å². The van der Waals surface area contributed by atoms with Gasteiger partial charge >= 0.3 is 0 Å². The van der Waals surface area contributed by atoms with Crippen molar-refractivity contribution in [2.45, 2.75) is 39.8 Å². The average Bonchev–Trinajstić information content (AvgIpc) is 2.15. The number of hydrogen-bond acceptors (Lipinski definition) is 2. The molecule has 0 bridgehead atoms. The molecular formula is C13H18N2.